The third-order valence-corrected chi connectivity index (χ3v) is 9.44. The van der Waals surface area contributed by atoms with Crippen LogP contribution in [0.25, 0.3) is 99.5 Å². The Hall–Kier alpha value is -6.65. The summed E-state index contributed by atoms with van der Waals surface area (Å²) < 4.78 is 6.58. The second-order valence-electron chi connectivity index (χ2n) is 12.3. The standard InChI is InChI=1S/C45H27N3O/c1-3-14-28(15-4-1)40-41-32-20-7-10-23-36(32)46-44(35(41)27-39-42(40)34-22-9-12-25-38(34)49-39)31-19-13-18-30(26-31)43-33-21-8-11-24-37(33)47-45(48-43)29-16-5-2-6-17-29/h1-27H. The molecule has 0 radical (unpaired) electrons. The van der Waals surface area contributed by atoms with Crippen LogP contribution in [0.1, 0.15) is 0 Å². The number of hydrogen-bond donors (Lipinski definition) is 0. The van der Waals surface area contributed by atoms with Gasteiger partial charge >= 0.3 is 0 Å². The number of aromatic nitrogens is 3. The number of benzene rings is 7. The Kier molecular flexibility index (Phi) is 6.15. The molecule has 0 atom stereocenters. The topological polar surface area (TPSA) is 51.8 Å². The van der Waals surface area contributed by atoms with Gasteiger partial charge in [-0.15, -0.1) is 0 Å². The maximum absolute atomic E-state index is 6.58. The molecule has 7 aromatic carbocycles. The number of pyridine rings is 1. The molecule has 4 heteroatoms. The van der Waals surface area contributed by atoms with Crippen molar-refractivity contribution < 1.29 is 4.42 Å². The van der Waals surface area contributed by atoms with Gasteiger partial charge in [0.25, 0.3) is 0 Å². The van der Waals surface area contributed by atoms with Crippen LogP contribution in [0, 0.1) is 0 Å². The highest BCUT2D eigenvalue weighted by Gasteiger charge is 2.22. The minimum Gasteiger partial charge on any atom is -0.456 e. The number of furan rings is 1. The zero-order valence-corrected chi connectivity index (χ0v) is 26.3. The SMILES string of the molecule is c1ccc(-c2nc(-c3cccc(-c4nc5ccccc5c5c(-c6ccccc6)c6c(cc45)oc4ccccc46)c3)c3ccccc3n2)cc1. The molecule has 0 saturated heterocycles. The predicted octanol–water partition coefficient (Wildman–Crippen LogP) is 11.9. The Bertz CT molecular complexity index is 2880. The number of rotatable bonds is 4. The summed E-state index contributed by atoms with van der Waals surface area (Å²) in [6.07, 6.45) is 0. The minimum absolute atomic E-state index is 0.703. The van der Waals surface area contributed by atoms with Gasteiger partial charge in [-0.3, -0.25) is 0 Å². The summed E-state index contributed by atoms with van der Waals surface area (Å²) in [5.41, 5.74) is 10.6. The third-order valence-electron chi connectivity index (χ3n) is 9.44. The lowest BCUT2D eigenvalue weighted by molar-refractivity contribution is 0.669. The summed E-state index contributed by atoms with van der Waals surface area (Å²) in [5.74, 6) is 0.703. The van der Waals surface area contributed by atoms with E-state index in [0.717, 1.165) is 93.7 Å². The summed E-state index contributed by atoms with van der Waals surface area (Å²) in [6.45, 7) is 0. The van der Waals surface area contributed by atoms with E-state index in [4.69, 9.17) is 19.4 Å². The highest BCUT2D eigenvalue weighted by molar-refractivity contribution is 6.27. The molecule has 0 unspecified atom stereocenters. The van der Waals surface area contributed by atoms with E-state index in [0.29, 0.717) is 5.82 Å². The molecule has 0 bridgehead atoms. The molecule has 49 heavy (non-hydrogen) atoms. The molecule has 0 amide bonds. The van der Waals surface area contributed by atoms with Gasteiger partial charge in [0.15, 0.2) is 5.82 Å². The fourth-order valence-corrected chi connectivity index (χ4v) is 7.26. The maximum atomic E-state index is 6.58. The Labute approximate surface area is 282 Å². The van der Waals surface area contributed by atoms with Crippen LogP contribution in [-0.2, 0) is 0 Å². The molecule has 4 nitrogen and oxygen atoms in total. The smallest absolute Gasteiger partial charge is 0.160 e. The van der Waals surface area contributed by atoms with E-state index < -0.39 is 0 Å². The molecule has 0 fully saturated rings. The average Bonchev–Trinajstić information content (AvgIpc) is 3.55. The van der Waals surface area contributed by atoms with E-state index in [1.807, 2.05) is 42.5 Å². The second-order valence-corrected chi connectivity index (χ2v) is 12.3. The van der Waals surface area contributed by atoms with Gasteiger partial charge in [-0.1, -0.05) is 133 Å². The van der Waals surface area contributed by atoms with Crippen molar-refractivity contribution in [3.8, 4) is 45.0 Å². The lowest BCUT2D eigenvalue weighted by Crippen LogP contribution is -1.96. The van der Waals surface area contributed by atoms with E-state index in [9.17, 15) is 0 Å². The van der Waals surface area contributed by atoms with Gasteiger partial charge in [-0.2, -0.15) is 0 Å². The monoisotopic (exact) mass is 625 g/mol. The van der Waals surface area contributed by atoms with Gasteiger partial charge < -0.3 is 4.42 Å². The van der Waals surface area contributed by atoms with Crippen LogP contribution in [0.2, 0.25) is 0 Å². The number of fused-ring (bicyclic) bond motifs is 7. The summed E-state index contributed by atoms with van der Waals surface area (Å²) in [6, 6.07) is 56.6. The van der Waals surface area contributed by atoms with Crippen molar-refractivity contribution in [3.63, 3.8) is 0 Å². The Morgan fingerprint density at radius 3 is 1.67 bits per heavy atom. The first kappa shape index (κ1) is 27.5. The van der Waals surface area contributed by atoms with Gasteiger partial charge in [0.2, 0.25) is 0 Å². The number of hydrogen-bond acceptors (Lipinski definition) is 4. The first-order valence-electron chi connectivity index (χ1n) is 16.5. The van der Waals surface area contributed by atoms with Crippen molar-refractivity contribution in [1.82, 2.24) is 15.0 Å². The van der Waals surface area contributed by atoms with Crippen molar-refractivity contribution in [2.45, 2.75) is 0 Å². The summed E-state index contributed by atoms with van der Waals surface area (Å²) in [5, 5.41) is 6.54. The lowest BCUT2D eigenvalue weighted by atomic mass is 9.89. The molecule has 0 saturated carbocycles. The van der Waals surface area contributed by atoms with Crippen LogP contribution < -0.4 is 0 Å². The molecule has 228 valence electrons. The Morgan fingerprint density at radius 1 is 0.347 bits per heavy atom. The number of para-hydroxylation sites is 3. The molecular formula is C45H27N3O. The molecule has 0 aliphatic heterocycles. The third kappa shape index (κ3) is 4.42. The second kappa shape index (κ2) is 11.0. The van der Waals surface area contributed by atoms with Crippen molar-refractivity contribution >= 4 is 54.5 Å². The van der Waals surface area contributed by atoms with Gasteiger partial charge in [-0.05, 0) is 35.9 Å². The van der Waals surface area contributed by atoms with Crippen molar-refractivity contribution in [1.29, 1.82) is 0 Å². The van der Waals surface area contributed by atoms with Crippen molar-refractivity contribution in [2.24, 2.45) is 0 Å². The fourth-order valence-electron chi connectivity index (χ4n) is 7.26. The molecule has 10 aromatic rings. The van der Waals surface area contributed by atoms with Gasteiger partial charge in [0.1, 0.15) is 11.2 Å². The van der Waals surface area contributed by atoms with Crippen LogP contribution in [0.15, 0.2) is 168 Å². The quantitative estimate of drug-likeness (QED) is 0.183. The average molecular weight is 626 g/mol. The fraction of sp³-hybridized carbons (Fsp3) is 0. The van der Waals surface area contributed by atoms with Crippen LogP contribution >= 0.6 is 0 Å². The van der Waals surface area contributed by atoms with Gasteiger partial charge in [0.05, 0.1) is 22.4 Å². The molecular weight excluding hydrogens is 599 g/mol. The molecule has 0 spiro atoms. The zero-order chi connectivity index (χ0) is 32.3. The maximum Gasteiger partial charge on any atom is 0.160 e. The molecule has 3 aromatic heterocycles. The van der Waals surface area contributed by atoms with E-state index in [-0.39, 0.29) is 0 Å². The van der Waals surface area contributed by atoms with Crippen LogP contribution in [0.4, 0.5) is 0 Å². The van der Waals surface area contributed by atoms with Crippen LogP contribution in [0.5, 0.6) is 0 Å². The van der Waals surface area contributed by atoms with Crippen molar-refractivity contribution in [3.05, 3.63) is 164 Å². The van der Waals surface area contributed by atoms with Crippen LogP contribution in [0.3, 0.4) is 0 Å². The molecule has 0 N–H and O–H groups in total. The summed E-state index contributed by atoms with van der Waals surface area (Å²) in [7, 11) is 0. The molecule has 0 aliphatic rings. The summed E-state index contributed by atoms with van der Waals surface area (Å²) in [4.78, 5) is 15.5. The Balaban J connectivity index is 1.29. The van der Waals surface area contributed by atoms with E-state index in [2.05, 4.69) is 121 Å². The normalized spacial score (nSPS) is 11.7. The summed E-state index contributed by atoms with van der Waals surface area (Å²) >= 11 is 0. The van der Waals surface area contributed by atoms with Gasteiger partial charge in [0, 0.05) is 54.6 Å². The van der Waals surface area contributed by atoms with E-state index in [1.54, 1.807) is 0 Å². The number of nitrogens with zero attached hydrogens (tertiary/aromatic N) is 3. The van der Waals surface area contributed by atoms with Crippen LogP contribution in [-0.4, -0.2) is 15.0 Å². The Morgan fingerprint density at radius 2 is 0.918 bits per heavy atom. The lowest BCUT2D eigenvalue weighted by Gasteiger charge is -2.16. The van der Waals surface area contributed by atoms with E-state index in [1.165, 1.54) is 0 Å². The first-order valence-corrected chi connectivity index (χ1v) is 16.5. The van der Waals surface area contributed by atoms with Crippen molar-refractivity contribution in [2.75, 3.05) is 0 Å². The largest absolute Gasteiger partial charge is 0.456 e. The highest BCUT2D eigenvalue weighted by atomic mass is 16.3. The predicted molar refractivity (Wildman–Crippen MR) is 201 cm³/mol. The minimum atomic E-state index is 0.703. The molecule has 3 heterocycles. The highest BCUT2D eigenvalue weighted by Crippen LogP contribution is 2.46. The zero-order valence-electron chi connectivity index (χ0n) is 26.3. The molecule has 10 rings (SSSR count). The molecule has 0 aliphatic carbocycles. The first-order chi connectivity index (χ1) is 24.3. The van der Waals surface area contributed by atoms with Gasteiger partial charge in [-0.25, -0.2) is 15.0 Å². The van der Waals surface area contributed by atoms with E-state index >= 15 is 0 Å².